The molecule has 0 radical (unpaired) electrons. The maximum atomic E-state index is 14.4. The number of likely N-dealkylation sites (N-methyl/N-ethyl adjacent to an activating group) is 1. The number of hydrogen-bond donors (Lipinski definition) is 1. The zero-order valence-electron chi connectivity index (χ0n) is 20.4. The van der Waals surface area contributed by atoms with E-state index in [1.54, 1.807) is 35.8 Å². The topological polar surface area (TPSA) is 95.0 Å². The highest BCUT2D eigenvalue weighted by atomic mass is 32.2. The predicted molar refractivity (Wildman–Crippen MR) is 143 cm³/mol. The summed E-state index contributed by atoms with van der Waals surface area (Å²) in [6, 6.07) is 10.0. The number of nitrogens with one attached hydrogen (secondary N) is 1. The van der Waals surface area contributed by atoms with E-state index in [0.29, 0.717) is 29.3 Å². The third kappa shape index (κ3) is 5.73. The number of urea groups is 1. The molecule has 2 heterocycles. The normalized spacial score (nSPS) is 14.3. The number of carbonyl (C=O) groups excluding carboxylic acids is 2. The monoisotopic (exact) mass is 572 g/mol. The van der Waals surface area contributed by atoms with Crippen LogP contribution in [0.3, 0.4) is 0 Å². The van der Waals surface area contributed by atoms with Crippen LogP contribution in [0.4, 0.5) is 29.3 Å². The number of thiazole rings is 1. The standard InChI is InChI=1S/C26H21F3N5O3S2/c1-33(19-5-6-23-21(13-19)30-14-38-23)25(35)22(11-15-9-17(27)12-18(28)10-15)31-26(36)32-39(37)34-8-7-16-3-2-4-20(29)24(16)34/h2-6,9-10,12-14,22H,7-8,11H2,1H3,(H,31,36)/q-1/t22-/m0/s1. The van der Waals surface area contributed by atoms with Gasteiger partial charge in [0.25, 0.3) is 0 Å². The average Bonchev–Trinajstić information content (AvgIpc) is 3.54. The van der Waals surface area contributed by atoms with Gasteiger partial charge in [-0.3, -0.25) is 9.16 Å². The van der Waals surface area contributed by atoms with Gasteiger partial charge in [-0.15, -0.1) is 11.3 Å². The summed E-state index contributed by atoms with van der Waals surface area (Å²) in [7, 11) is -0.798. The molecule has 202 valence electrons. The van der Waals surface area contributed by atoms with E-state index in [4.69, 9.17) is 0 Å². The Bertz CT molecular complexity index is 1650. The number of hydrogen-bond acceptors (Lipinski definition) is 6. The van der Waals surface area contributed by atoms with Gasteiger partial charge in [-0.2, -0.15) is 0 Å². The number of amides is 3. The van der Waals surface area contributed by atoms with Gasteiger partial charge in [0.2, 0.25) is 5.91 Å². The molecule has 1 aromatic heterocycles. The number of aromatic nitrogens is 1. The molecule has 0 spiro atoms. The van der Waals surface area contributed by atoms with Gasteiger partial charge in [-0.25, -0.2) is 22.9 Å². The maximum Gasteiger partial charge on any atom is 0.319 e. The van der Waals surface area contributed by atoms with Crippen molar-refractivity contribution in [1.82, 2.24) is 10.3 Å². The number of nitrogens with zero attached hydrogens (tertiary/aromatic N) is 4. The van der Waals surface area contributed by atoms with E-state index in [0.717, 1.165) is 21.1 Å². The highest BCUT2D eigenvalue weighted by molar-refractivity contribution is 7.76. The van der Waals surface area contributed by atoms with Crippen molar-refractivity contribution in [3.63, 3.8) is 0 Å². The highest BCUT2D eigenvalue weighted by Crippen LogP contribution is 2.31. The van der Waals surface area contributed by atoms with Gasteiger partial charge in [0, 0.05) is 31.8 Å². The summed E-state index contributed by atoms with van der Waals surface area (Å²) in [5, 5.41) is 2.41. The average molecular weight is 573 g/mol. The fraction of sp³-hybridized carbons (Fsp3) is 0.192. The molecule has 3 aromatic carbocycles. The summed E-state index contributed by atoms with van der Waals surface area (Å²) < 4.78 is 60.6. The van der Waals surface area contributed by atoms with Crippen LogP contribution in [0.2, 0.25) is 0 Å². The molecule has 0 bridgehead atoms. The first-order valence-electron chi connectivity index (χ1n) is 11.7. The number of benzene rings is 3. The number of anilines is 2. The molecule has 0 fully saturated rings. The zero-order chi connectivity index (χ0) is 27.7. The summed E-state index contributed by atoms with van der Waals surface area (Å²) >= 11 is 1.44. The van der Waals surface area contributed by atoms with Crippen LogP contribution in [0.25, 0.3) is 10.2 Å². The Kier molecular flexibility index (Phi) is 7.53. The molecule has 1 atom stereocenters. The minimum Gasteiger partial charge on any atom is -0.424 e. The summed E-state index contributed by atoms with van der Waals surface area (Å²) in [6.07, 6.45) is 0.155. The second-order valence-electron chi connectivity index (χ2n) is 8.81. The fourth-order valence-corrected chi connectivity index (χ4v) is 5.97. The SMILES string of the molecule is CN(C(=O)[C@H](Cc1cc(F)cc(F)c1)NC(=O)N=[S-](=O)N1CCc2cccc(F)c21)c1ccc2scnc2c1. The van der Waals surface area contributed by atoms with Crippen molar-refractivity contribution >= 4 is 55.6 Å². The predicted octanol–water partition coefficient (Wildman–Crippen LogP) is 5.12. The summed E-state index contributed by atoms with van der Waals surface area (Å²) in [4.78, 5) is 31.9. The first-order chi connectivity index (χ1) is 18.7. The lowest BCUT2D eigenvalue weighted by Crippen LogP contribution is -2.48. The van der Waals surface area contributed by atoms with Gasteiger partial charge in [0.1, 0.15) is 23.5 Å². The van der Waals surface area contributed by atoms with Crippen molar-refractivity contribution < 1.29 is 27.0 Å². The Morgan fingerprint density at radius 2 is 1.92 bits per heavy atom. The molecule has 39 heavy (non-hydrogen) atoms. The molecule has 1 aliphatic heterocycles. The van der Waals surface area contributed by atoms with Gasteiger partial charge in [0.05, 0.1) is 21.4 Å². The lowest BCUT2D eigenvalue weighted by molar-refractivity contribution is -0.120. The van der Waals surface area contributed by atoms with Crippen molar-refractivity contribution in [2.45, 2.75) is 18.9 Å². The number of rotatable bonds is 6. The molecular formula is C26H21F3N5O3S2-. The molecule has 0 saturated heterocycles. The Morgan fingerprint density at radius 1 is 1.15 bits per heavy atom. The minimum atomic E-state index is -2.28. The lowest BCUT2D eigenvalue weighted by Gasteiger charge is -2.26. The van der Waals surface area contributed by atoms with Gasteiger partial charge in [-0.05, 0) is 53.9 Å². The first-order valence-corrected chi connectivity index (χ1v) is 13.7. The van der Waals surface area contributed by atoms with E-state index in [9.17, 15) is 27.0 Å². The van der Waals surface area contributed by atoms with Crippen molar-refractivity contribution in [1.29, 1.82) is 0 Å². The summed E-state index contributed by atoms with van der Waals surface area (Å²) in [5.41, 5.74) is 3.68. The largest absolute Gasteiger partial charge is 0.424 e. The minimum absolute atomic E-state index is 0.104. The van der Waals surface area contributed by atoms with Crippen molar-refractivity contribution in [2.75, 3.05) is 22.8 Å². The van der Waals surface area contributed by atoms with Crippen molar-refractivity contribution in [2.24, 2.45) is 4.36 Å². The Labute approximate surface area is 227 Å². The molecule has 1 aliphatic rings. The van der Waals surface area contributed by atoms with Crippen LogP contribution in [0.5, 0.6) is 0 Å². The Hall–Kier alpha value is -3.97. The summed E-state index contributed by atoms with van der Waals surface area (Å²) in [5.74, 6) is -2.88. The summed E-state index contributed by atoms with van der Waals surface area (Å²) in [6.45, 7) is 0.187. The quantitative estimate of drug-likeness (QED) is 0.325. The van der Waals surface area contributed by atoms with Crippen LogP contribution in [0.1, 0.15) is 11.1 Å². The molecule has 3 amide bonds. The molecule has 0 aliphatic carbocycles. The highest BCUT2D eigenvalue weighted by Gasteiger charge is 2.26. The van der Waals surface area contributed by atoms with Gasteiger partial charge < -0.3 is 18.7 Å². The zero-order valence-corrected chi connectivity index (χ0v) is 22.1. The second-order valence-corrected chi connectivity index (χ2v) is 10.8. The molecule has 13 heteroatoms. The smallest absolute Gasteiger partial charge is 0.319 e. The van der Waals surface area contributed by atoms with E-state index >= 15 is 0 Å². The maximum absolute atomic E-state index is 14.4. The molecule has 1 N–H and O–H groups in total. The van der Waals surface area contributed by atoms with E-state index in [1.807, 2.05) is 0 Å². The molecule has 5 rings (SSSR count). The molecule has 8 nitrogen and oxygen atoms in total. The van der Waals surface area contributed by atoms with Crippen LogP contribution >= 0.6 is 11.3 Å². The first kappa shape index (κ1) is 26.6. The Balaban J connectivity index is 1.41. The van der Waals surface area contributed by atoms with Gasteiger partial charge >= 0.3 is 6.03 Å². The van der Waals surface area contributed by atoms with E-state index in [2.05, 4.69) is 14.7 Å². The van der Waals surface area contributed by atoms with Gasteiger partial charge in [0.15, 0.2) is 0 Å². The van der Waals surface area contributed by atoms with Crippen LogP contribution in [-0.4, -0.2) is 36.6 Å². The van der Waals surface area contributed by atoms with Crippen molar-refractivity contribution in [3.05, 3.63) is 88.7 Å². The number of fused-ring (bicyclic) bond motifs is 2. The van der Waals surface area contributed by atoms with Crippen LogP contribution in [-0.2, 0) is 32.6 Å². The molecule has 4 aromatic rings. The third-order valence-corrected chi connectivity index (χ3v) is 8.12. The van der Waals surface area contributed by atoms with Crippen molar-refractivity contribution in [3.8, 4) is 0 Å². The van der Waals surface area contributed by atoms with Crippen LogP contribution < -0.4 is 14.5 Å². The molecule has 0 saturated carbocycles. The number of halogens is 3. The number of para-hydroxylation sites is 1. The molecular weight excluding hydrogens is 551 g/mol. The van der Waals surface area contributed by atoms with Gasteiger partial charge in [-0.1, -0.05) is 22.9 Å². The van der Waals surface area contributed by atoms with E-state index in [1.165, 1.54) is 29.4 Å². The lowest BCUT2D eigenvalue weighted by atomic mass is 10.0. The van der Waals surface area contributed by atoms with E-state index in [-0.39, 0.29) is 24.2 Å². The van der Waals surface area contributed by atoms with Crippen LogP contribution in [0.15, 0.2) is 64.5 Å². The number of carbonyl (C=O) groups is 2. The third-order valence-electron chi connectivity index (χ3n) is 6.24. The molecule has 0 unspecified atom stereocenters. The second kappa shape index (κ2) is 11.0. The van der Waals surface area contributed by atoms with Crippen LogP contribution in [0, 0.1) is 17.5 Å². The fourth-order valence-electron chi connectivity index (χ4n) is 4.41. The Morgan fingerprint density at radius 3 is 2.69 bits per heavy atom. The van der Waals surface area contributed by atoms with E-state index < -0.39 is 46.2 Å².